The molecule has 0 amide bonds. The second kappa shape index (κ2) is 4.75. The molecule has 0 aliphatic heterocycles. The Bertz CT molecular complexity index is 567. The van der Waals surface area contributed by atoms with Crippen molar-refractivity contribution in [2.75, 3.05) is 0 Å². The molecular weight excluding hydrogens is 232 g/mol. The fourth-order valence-corrected chi connectivity index (χ4v) is 1.74. The molecule has 18 heavy (non-hydrogen) atoms. The van der Waals surface area contributed by atoms with Crippen LogP contribution in [-0.4, -0.2) is 15.3 Å². The molecule has 0 heterocycles. The number of hydrogen-bond donors (Lipinski definition) is 4. The van der Waals surface area contributed by atoms with Crippen molar-refractivity contribution in [2.24, 2.45) is 5.11 Å². The SMILES string of the molecule is N=NC(c1ccc(O)cc1)c1ccc(O)cc1O. The summed E-state index contributed by atoms with van der Waals surface area (Å²) in [5.41, 5.74) is 8.32. The molecule has 0 aliphatic carbocycles. The lowest BCUT2D eigenvalue weighted by atomic mass is 9.98. The van der Waals surface area contributed by atoms with Crippen molar-refractivity contribution in [1.29, 1.82) is 5.53 Å². The average molecular weight is 244 g/mol. The van der Waals surface area contributed by atoms with Gasteiger partial charge < -0.3 is 15.3 Å². The number of benzene rings is 2. The van der Waals surface area contributed by atoms with Gasteiger partial charge in [-0.2, -0.15) is 5.11 Å². The molecule has 92 valence electrons. The van der Waals surface area contributed by atoms with Crippen LogP contribution in [0.1, 0.15) is 17.2 Å². The maximum absolute atomic E-state index is 9.76. The Morgan fingerprint density at radius 2 is 1.50 bits per heavy atom. The molecule has 1 unspecified atom stereocenters. The first-order chi connectivity index (χ1) is 8.61. The van der Waals surface area contributed by atoms with Crippen LogP contribution >= 0.6 is 0 Å². The third kappa shape index (κ3) is 2.24. The summed E-state index contributed by atoms with van der Waals surface area (Å²) >= 11 is 0. The second-order valence-corrected chi connectivity index (χ2v) is 3.87. The number of nitrogens with one attached hydrogen (secondary N) is 1. The molecule has 0 aromatic heterocycles. The highest BCUT2D eigenvalue weighted by atomic mass is 16.3. The number of aromatic hydroxyl groups is 3. The summed E-state index contributed by atoms with van der Waals surface area (Å²) in [6.45, 7) is 0. The van der Waals surface area contributed by atoms with E-state index in [4.69, 9.17) is 5.53 Å². The molecule has 0 saturated heterocycles. The van der Waals surface area contributed by atoms with Gasteiger partial charge in [-0.15, -0.1) is 0 Å². The van der Waals surface area contributed by atoms with Crippen LogP contribution in [0.25, 0.3) is 0 Å². The summed E-state index contributed by atoms with van der Waals surface area (Å²) in [4.78, 5) is 0. The number of rotatable bonds is 3. The Hall–Kier alpha value is -2.56. The average Bonchev–Trinajstić information content (AvgIpc) is 2.35. The fourth-order valence-electron chi connectivity index (χ4n) is 1.74. The third-order valence-electron chi connectivity index (χ3n) is 2.65. The Morgan fingerprint density at radius 3 is 2.06 bits per heavy atom. The van der Waals surface area contributed by atoms with Gasteiger partial charge in [-0.3, -0.25) is 0 Å². The zero-order valence-electron chi connectivity index (χ0n) is 9.41. The Balaban J connectivity index is 2.45. The number of nitrogens with zero attached hydrogens (tertiary/aromatic N) is 1. The summed E-state index contributed by atoms with van der Waals surface area (Å²) in [7, 11) is 0. The minimum atomic E-state index is -0.661. The van der Waals surface area contributed by atoms with Crippen LogP contribution in [-0.2, 0) is 0 Å². The molecule has 0 radical (unpaired) electrons. The lowest BCUT2D eigenvalue weighted by Crippen LogP contribution is -1.97. The molecule has 0 aliphatic rings. The highest BCUT2D eigenvalue weighted by Crippen LogP contribution is 2.34. The van der Waals surface area contributed by atoms with Crippen LogP contribution in [0.15, 0.2) is 47.6 Å². The monoisotopic (exact) mass is 244 g/mol. The van der Waals surface area contributed by atoms with Gasteiger partial charge in [0.2, 0.25) is 0 Å². The van der Waals surface area contributed by atoms with Crippen molar-refractivity contribution in [3.05, 3.63) is 53.6 Å². The minimum absolute atomic E-state index is 0.0503. The third-order valence-corrected chi connectivity index (χ3v) is 2.65. The van der Waals surface area contributed by atoms with Gasteiger partial charge in [0.15, 0.2) is 0 Å². The maximum Gasteiger partial charge on any atom is 0.125 e. The van der Waals surface area contributed by atoms with Crippen LogP contribution in [0.2, 0.25) is 0 Å². The van der Waals surface area contributed by atoms with E-state index in [-0.39, 0.29) is 17.2 Å². The van der Waals surface area contributed by atoms with Crippen LogP contribution in [0.4, 0.5) is 0 Å². The largest absolute Gasteiger partial charge is 0.508 e. The van der Waals surface area contributed by atoms with Crippen LogP contribution in [0.3, 0.4) is 0 Å². The van der Waals surface area contributed by atoms with Gasteiger partial charge in [0.1, 0.15) is 23.3 Å². The first kappa shape index (κ1) is 11.9. The van der Waals surface area contributed by atoms with Crippen molar-refractivity contribution in [3.63, 3.8) is 0 Å². The predicted molar refractivity (Wildman–Crippen MR) is 64.9 cm³/mol. The van der Waals surface area contributed by atoms with Gasteiger partial charge in [0.25, 0.3) is 0 Å². The molecule has 1 atom stereocenters. The Morgan fingerprint density at radius 1 is 0.889 bits per heavy atom. The molecule has 0 spiro atoms. The first-order valence-corrected chi connectivity index (χ1v) is 5.29. The summed E-state index contributed by atoms with van der Waals surface area (Å²) in [5, 5.41) is 31.7. The van der Waals surface area contributed by atoms with E-state index in [0.29, 0.717) is 11.1 Å². The van der Waals surface area contributed by atoms with Gasteiger partial charge >= 0.3 is 0 Å². The fraction of sp³-hybridized carbons (Fsp3) is 0.0769. The number of phenols is 3. The topological polar surface area (TPSA) is 96.9 Å². The smallest absolute Gasteiger partial charge is 0.125 e. The number of phenolic OH excluding ortho intramolecular Hbond substituents is 3. The molecule has 2 aromatic carbocycles. The van der Waals surface area contributed by atoms with Crippen molar-refractivity contribution >= 4 is 0 Å². The molecule has 0 fully saturated rings. The quantitative estimate of drug-likeness (QED) is 0.625. The molecule has 5 heteroatoms. The molecule has 5 nitrogen and oxygen atoms in total. The zero-order chi connectivity index (χ0) is 13.1. The zero-order valence-corrected chi connectivity index (χ0v) is 9.41. The van der Waals surface area contributed by atoms with E-state index in [1.54, 1.807) is 12.1 Å². The highest BCUT2D eigenvalue weighted by Gasteiger charge is 2.17. The molecule has 2 aromatic rings. The Labute approximate surface area is 103 Å². The highest BCUT2D eigenvalue weighted by molar-refractivity contribution is 5.45. The predicted octanol–water partition coefficient (Wildman–Crippen LogP) is 2.92. The van der Waals surface area contributed by atoms with Gasteiger partial charge in [-0.05, 0) is 29.8 Å². The van der Waals surface area contributed by atoms with E-state index in [0.717, 1.165) is 0 Å². The van der Waals surface area contributed by atoms with E-state index in [1.165, 1.54) is 30.3 Å². The first-order valence-electron chi connectivity index (χ1n) is 5.29. The summed E-state index contributed by atoms with van der Waals surface area (Å²) in [6, 6.07) is 9.72. The van der Waals surface area contributed by atoms with Gasteiger partial charge in [-0.1, -0.05) is 12.1 Å². The van der Waals surface area contributed by atoms with Crippen LogP contribution in [0.5, 0.6) is 17.2 Å². The van der Waals surface area contributed by atoms with E-state index in [9.17, 15) is 15.3 Å². The van der Waals surface area contributed by atoms with E-state index < -0.39 is 6.04 Å². The van der Waals surface area contributed by atoms with Crippen molar-refractivity contribution < 1.29 is 15.3 Å². The van der Waals surface area contributed by atoms with Gasteiger partial charge in [0.05, 0.1) is 0 Å². The molecule has 2 rings (SSSR count). The summed E-state index contributed by atoms with van der Waals surface area (Å²) < 4.78 is 0. The normalized spacial score (nSPS) is 12.0. The van der Waals surface area contributed by atoms with E-state index >= 15 is 0 Å². The molecule has 0 saturated carbocycles. The minimum Gasteiger partial charge on any atom is -0.508 e. The van der Waals surface area contributed by atoms with E-state index in [1.807, 2.05) is 0 Å². The second-order valence-electron chi connectivity index (χ2n) is 3.87. The standard InChI is InChI=1S/C13H12N2O3/c14-15-13(8-1-3-9(16)4-2-8)11-6-5-10(17)7-12(11)18/h1-7,13-14,16-18H. The van der Waals surface area contributed by atoms with Gasteiger partial charge in [0, 0.05) is 11.6 Å². The molecular formula is C13H12N2O3. The lowest BCUT2D eigenvalue weighted by Gasteiger charge is -2.13. The maximum atomic E-state index is 9.76. The van der Waals surface area contributed by atoms with Gasteiger partial charge in [-0.25, -0.2) is 5.53 Å². The summed E-state index contributed by atoms with van der Waals surface area (Å²) in [6.07, 6.45) is 0. The molecule has 0 bridgehead atoms. The Kier molecular flexibility index (Phi) is 3.14. The number of hydrogen-bond acceptors (Lipinski definition) is 5. The van der Waals surface area contributed by atoms with Crippen molar-refractivity contribution in [1.82, 2.24) is 0 Å². The van der Waals surface area contributed by atoms with E-state index in [2.05, 4.69) is 5.11 Å². The molecule has 4 N–H and O–H groups in total. The lowest BCUT2D eigenvalue weighted by molar-refractivity contribution is 0.443. The van der Waals surface area contributed by atoms with Crippen LogP contribution in [0, 0.1) is 5.53 Å². The van der Waals surface area contributed by atoms with Crippen molar-refractivity contribution in [3.8, 4) is 17.2 Å². The summed E-state index contributed by atoms with van der Waals surface area (Å²) in [5.74, 6) is -0.0489. The van der Waals surface area contributed by atoms with Crippen LogP contribution < -0.4 is 0 Å². The van der Waals surface area contributed by atoms with Crippen molar-refractivity contribution in [2.45, 2.75) is 6.04 Å².